The largest absolute Gasteiger partial charge is 0.350 e. The van der Waals surface area contributed by atoms with Crippen molar-refractivity contribution >= 4 is 25.7 Å². The first-order valence-corrected chi connectivity index (χ1v) is 14.4. The summed E-state index contributed by atoms with van der Waals surface area (Å²) in [6.45, 7) is 9.22. The number of amides is 1. The molecular weight excluding hydrogens is 366 g/mol. The van der Waals surface area contributed by atoms with Gasteiger partial charge in [0.1, 0.15) is 0 Å². The van der Waals surface area contributed by atoms with Crippen molar-refractivity contribution in [1.29, 1.82) is 0 Å². The van der Waals surface area contributed by atoms with Crippen LogP contribution in [0.1, 0.15) is 37.8 Å². The van der Waals surface area contributed by atoms with Gasteiger partial charge in [-0.15, -0.1) is 11.8 Å². The predicted molar refractivity (Wildman–Crippen MR) is 121 cm³/mol. The van der Waals surface area contributed by atoms with Gasteiger partial charge in [0.05, 0.1) is 6.04 Å². The number of benzene rings is 2. The monoisotopic (exact) mass is 399 g/mol. The van der Waals surface area contributed by atoms with E-state index in [1.54, 1.807) is 0 Å². The fraction of sp³-hybridized carbons (Fsp3) is 0.435. The number of thioether (sulfide) groups is 1. The third-order valence-electron chi connectivity index (χ3n) is 5.04. The minimum absolute atomic E-state index is 0.0645. The highest BCUT2D eigenvalue weighted by Gasteiger charge is 2.28. The van der Waals surface area contributed by atoms with E-state index in [4.69, 9.17) is 0 Å². The second kappa shape index (κ2) is 10.7. The molecule has 0 saturated carbocycles. The smallest absolute Gasteiger partial charge is 0.220 e. The Kier molecular flexibility index (Phi) is 8.64. The molecule has 0 unspecified atom stereocenters. The molecule has 0 saturated heterocycles. The lowest BCUT2D eigenvalue weighted by Crippen LogP contribution is -2.34. The van der Waals surface area contributed by atoms with Crippen molar-refractivity contribution < 1.29 is 4.79 Å². The SMILES string of the molecule is C[C@H](NC(=O)C[C@H](CCCSc1ccccc1)[Si](C)(C)C)c1ccccc1. The summed E-state index contributed by atoms with van der Waals surface area (Å²) in [7, 11) is -1.38. The van der Waals surface area contributed by atoms with E-state index in [1.807, 2.05) is 30.0 Å². The van der Waals surface area contributed by atoms with Gasteiger partial charge in [-0.3, -0.25) is 4.79 Å². The number of carbonyl (C=O) groups is 1. The molecule has 2 aromatic rings. The van der Waals surface area contributed by atoms with E-state index in [9.17, 15) is 4.79 Å². The molecule has 0 aromatic heterocycles. The quantitative estimate of drug-likeness (QED) is 0.279. The summed E-state index contributed by atoms with van der Waals surface area (Å²) >= 11 is 1.91. The standard InChI is InChI=1S/C23H33NOSSi/c1-19(20-12-7-5-8-13-20)24-23(25)18-22(27(2,3)4)16-11-17-26-21-14-9-6-10-15-21/h5-10,12-15,19,22H,11,16-18H2,1-4H3,(H,24,25)/t19-,22-/m0/s1. The molecule has 2 atom stereocenters. The molecule has 2 nitrogen and oxygen atoms in total. The maximum absolute atomic E-state index is 12.6. The first-order valence-electron chi connectivity index (χ1n) is 9.88. The molecule has 2 aromatic carbocycles. The lowest BCUT2D eigenvalue weighted by atomic mass is 10.1. The van der Waals surface area contributed by atoms with Crippen LogP contribution in [0.2, 0.25) is 25.2 Å². The third-order valence-corrected chi connectivity index (χ3v) is 9.08. The number of hydrogen-bond acceptors (Lipinski definition) is 2. The minimum Gasteiger partial charge on any atom is -0.350 e. The minimum atomic E-state index is -1.38. The van der Waals surface area contributed by atoms with Crippen molar-refractivity contribution in [2.75, 3.05) is 5.75 Å². The zero-order valence-corrected chi connectivity index (χ0v) is 18.9. The van der Waals surface area contributed by atoms with Crippen LogP contribution in [-0.2, 0) is 4.79 Å². The molecule has 0 spiro atoms. The lowest BCUT2D eigenvalue weighted by Gasteiger charge is -2.29. The first-order chi connectivity index (χ1) is 12.9. The van der Waals surface area contributed by atoms with E-state index < -0.39 is 8.07 Å². The Morgan fingerprint density at radius 3 is 2.19 bits per heavy atom. The van der Waals surface area contributed by atoms with Gasteiger partial charge in [0.2, 0.25) is 5.91 Å². The van der Waals surface area contributed by atoms with Gasteiger partial charge in [0.15, 0.2) is 0 Å². The van der Waals surface area contributed by atoms with Crippen LogP contribution in [-0.4, -0.2) is 19.7 Å². The molecule has 0 fully saturated rings. The molecular formula is C23H33NOSSi. The van der Waals surface area contributed by atoms with Gasteiger partial charge >= 0.3 is 0 Å². The number of carbonyl (C=O) groups excluding carboxylic acids is 1. The summed E-state index contributed by atoms with van der Waals surface area (Å²) in [4.78, 5) is 14.0. The van der Waals surface area contributed by atoms with Crippen molar-refractivity contribution in [1.82, 2.24) is 5.32 Å². The predicted octanol–water partition coefficient (Wildman–Crippen LogP) is 6.53. The molecule has 0 aliphatic carbocycles. The summed E-state index contributed by atoms with van der Waals surface area (Å²) in [6.07, 6.45) is 2.96. The highest BCUT2D eigenvalue weighted by Crippen LogP contribution is 2.32. The Morgan fingerprint density at radius 2 is 1.59 bits per heavy atom. The molecule has 0 heterocycles. The second-order valence-corrected chi connectivity index (χ2v) is 15.0. The van der Waals surface area contributed by atoms with Gasteiger partial charge in [-0.1, -0.05) is 74.6 Å². The van der Waals surface area contributed by atoms with Crippen molar-refractivity contribution in [2.45, 2.75) is 62.3 Å². The lowest BCUT2D eigenvalue weighted by molar-refractivity contribution is -0.121. The molecule has 2 rings (SSSR count). The first kappa shape index (κ1) is 21.8. The fourth-order valence-corrected chi connectivity index (χ4v) is 5.99. The van der Waals surface area contributed by atoms with Crippen LogP contribution in [0.25, 0.3) is 0 Å². The van der Waals surface area contributed by atoms with Gasteiger partial charge in [-0.05, 0) is 42.3 Å². The van der Waals surface area contributed by atoms with Crippen LogP contribution in [0.3, 0.4) is 0 Å². The zero-order valence-electron chi connectivity index (χ0n) is 17.1. The van der Waals surface area contributed by atoms with Crippen LogP contribution >= 0.6 is 11.8 Å². The van der Waals surface area contributed by atoms with Crippen molar-refractivity contribution in [3.05, 3.63) is 66.2 Å². The van der Waals surface area contributed by atoms with Gasteiger partial charge in [-0.25, -0.2) is 0 Å². The number of nitrogens with one attached hydrogen (secondary N) is 1. The number of hydrogen-bond donors (Lipinski definition) is 1. The Morgan fingerprint density at radius 1 is 1.00 bits per heavy atom. The highest BCUT2D eigenvalue weighted by molar-refractivity contribution is 7.99. The van der Waals surface area contributed by atoms with Crippen LogP contribution in [0.15, 0.2) is 65.6 Å². The normalized spacial score (nSPS) is 13.8. The zero-order chi connectivity index (χ0) is 19.7. The van der Waals surface area contributed by atoms with Gasteiger partial charge in [-0.2, -0.15) is 0 Å². The summed E-state index contributed by atoms with van der Waals surface area (Å²) in [5.41, 5.74) is 1.69. The molecule has 1 amide bonds. The Balaban J connectivity index is 1.82. The molecule has 27 heavy (non-hydrogen) atoms. The topological polar surface area (TPSA) is 29.1 Å². The van der Waals surface area contributed by atoms with Gasteiger partial charge < -0.3 is 5.32 Å². The van der Waals surface area contributed by atoms with Crippen molar-refractivity contribution in [3.8, 4) is 0 Å². The highest BCUT2D eigenvalue weighted by atomic mass is 32.2. The molecule has 4 heteroatoms. The molecule has 1 N–H and O–H groups in total. The second-order valence-electron chi connectivity index (χ2n) is 8.27. The van der Waals surface area contributed by atoms with E-state index >= 15 is 0 Å². The molecule has 0 aliphatic heterocycles. The van der Waals surface area contributed by atoms with Crippen LogP contribution < -0.4 is 5.32 Å². The van der Waals surface area contributed by atoms with Gasteiger partial charge in [0.25, 0.3) is 0 Å². The Labute approximate surface area is 170 Å². The van der Waals surface area contributed by atoms with E-state index in [0.29, 0.717) is 12.0 Å². The molecule has 0 radical (unpaired) electrons. The van der Waals surface area contributed by atoms with Crippen molar-refractivity contribution in [3.63, 3.8) is 0 Å². The maximum Gasteiger partial charge on any atom is 0.220 e. The molecule has 0 aliphatic rings. The fourth-order valence-electron chi connectivity index (χ4n) is 3.23. The van der Waals surface area contributed by atoms with E-state index in [-0.39, 0.29) is 11.9 Å². The summed E-state index contributed by atoms with van der Waals surface area (Å²) < 4.78 is 0. The third kappa shape index (κ3) is 7.93. The van der Waals surface area contributed by atoms with Crippen LogP contribution in [0.5, 0.6) is 0 Å². The average Bonchev–Trinajstić information content (AvgIpc) is 2.65. The maximum atomic E-state index is 12.6. The van der Waals surface area contributed by atoms with E-state index in [0.717, 1.165) is 24.2 Å². The average molecular weight is 400 g/mol. The number of rotatable bonds is 10. The van der Waals surface area contributed by atoms with E-state index in [1.165, 1.54) is 4.90 Å². The Hall–Kier alpha value is -1.52. The summed E-state index contributed by atoms with van der Waals surface area (Å²) in [6, 6.07) is 20.8. The summed E-state index contributed by atoms with van der Waals surface area (Å²) in [5, 5.41) is 3.19. The Bertz CT molecular complexity index is 685. The summed E-state index contributed by atoms with van der Waals surface area (Å²) in [5.74, 6) is 1.31. The molecule has 146 valence electrons. The van der Waals surface area contributed by atoms with E-state index in [2.05, 4.69) is 74.3 Å². The van der Waals surface area contributed by atoms with Crippen LogP contribution in [0, 0.1) is 0 Å². The molecule has 0 bridgehead atoms. The van der Waals surface area contributed by atoms with Crippen LogP contribution in [0.4, 0.5) is 0 Å². The van der Waals surface area contributed by atoms with Gasteiger partial charge in [0, 0.05) is 19.4 Å². The van der Waals surface area contributed by atoms with Crippen molar-refractivity contribution in [2.24, 2.45) is 0 Å².